The SMILES string of the molecule is CC/N=N\NCn1ccnc1N=O. The molecular weight excluding hydrogens is 172 g/mol. The number of nitroso groups, excluding NO2 is 1. The van der Waals surface area contributed by atoms with Crippen molar-refractivity contribution in [2.24, 2.45) is 15.5 Å². The Labute approximate surface area is 74.8 Å². The predicted octanol–water partition coefficient (Wildman–Crippen LogP) is 1.22. The highest BCUT2D eigenvalue weighted by atomic mass is 16.3. The Hall–Kier alpha value is -1.79. The van der Waals surface area contributed by atoms with Gasteiger partial charge in [0.1, 0.15) is 6.67 Å². The molecule has 0 radical (unpaired) electrons. The van der Waals surface area contributed by atoms with E-state index in [0.717, 1.165) is 0 Å². The number of nitrogens with one attached hydrogen (secondary N) is 1. The number of hydrogen-bond acceptors (Lipinski definition) is 5. The summed E-state index contributed by atoms with van der Waals surface area (Å²) < 4.78 is 1.53. The number of rotatable bonds is 5. The molecule has 0 saturated carbocycles. The van der Waals surface area contributed by atoms with Crippen molar-refractivity contribution in [1.29, 1.82) is 0 Å². The Bertz CT molecular complexity index is 293. The molecule has 0 atom stereocenters. The first kappa shape index (κ1) is 9.30. The smallest absolute Gasteiger partial charge is 0.273 e. The summed E-state index contributed by atoms with van der Waals surface area (Å²) in [5.74, 6) is 0.124. The molecule has 1 N–H and O–H groups in total. The van der Waals surface area contributed by atoms with Crippen molar-refractivity contribution >= 4 is 5.95 Å². The molecule has 13 heavy (non-hydrogen) atoms. The zero-order valence-electron chi connectivity index (χ0n) is 7.21. The third-order valence-electron chi connectivity index (χ3n) is 1.30. The van der Waals surface area contributed by atoms with Gasteiger partial charge in [-0.2, -0.15) is 5.11 Å². The minimum Gasteiger partial charge on any atom is -0.293 e. The average molecular weight is 182 g/mol. The van der Waals surface area contributed by atoms with Gasteiger partial charge in [-0.05, 0) is 6.92 Å². The van der Waals surface area contributed by atoms with Gasteiger partial charge in [0.2, 0.25) is 0 Å². The van der Waals surface area contributed by atoms with Crippen molar-refractivity contribution in [3.63, 3.8) is 0 Å². The zero-order valence-corrected chi connectivity index (χ0v) is 7.21. The Morgan fingerprint density at radius 1 is 1.69 bits per heavy atom. The van der Waals surface area contributed by atoms with E-state index in [1.807, 2.05) is 6.92 Å². The summed E-state index contributed by atoms with van der Waals surface area (Å²) in [5, 5.41) is 10.0. The molecule has 7 nitrogen and oxygen atoms in total. The van der Waals surface area contributed by atoms with Gasteiger partial charge in [0, 0.05) is 17.6 Å². The number of hydrogen-bond donors (Lipinski definition) is 1. The molecule has 0 fully saturated rings. The molecule has 1 heterocycles. The summed E-state index contributed by atoms with van der Waals surface area (Å²) in [6.07, 6.45) is 3.13. The van der Waals surface area contributed by atoms with Crippen molar-refractivity contribution in [3.8, 4) is 0 Å². The maximum Gasteiger partial charge on any atom is 0.273 e. The van der Waals surface area contributed by atoms with Crippen molar-refractivity contribution < 1.29 is 0 Å². The molecule has 0 aromatic carbocycles. The quantitative estimate of drug-likeness (QED) is 0.422. The largest absolute Gasteiger partial charge is 0.293 e. The summed E-state index contributed by atoms with van der Waals surface area (Å²) in [6, 6.07) is 0. The first-order chi connectivity index (χ1) is 6.38. The highest BCUT2D eigenvalue weighted by Gasteiger charge is 1.99. The Morgan fingerprint density at radius 2 is 2.54 bits per heavy atom. The molecule has 7 heteroatoms. The van der Waals surface area contributed by atoms with Crippen molar-refractivity contribution in [3.05, 3.63) is 17.3 Å². The Morgan fingerprint density at radius 3 is 3.23 bits per heavy atom. The zero-order chi connectivity index (χ0) is 9.52. The van der Waals surface area contributed by atoms with Gasteiger partial charge in [-0.1, -0.05) is 5.22 Å². The van der Waals surface area contributed by atoms with E-state index in [1.165, 1.54) is 10.8 Å². The van der Waals surface area contributed by atoms with Crippen LogP contribution in [0.3, 0.4) is 0 Å². The summed E-state index contributed by atoms with van der Waals surface area (Å²) in [4.78, 5) is 13.9. The van der Waals surface area contributed by atoms with Crippen LogP contribution in [0, 0.1) is 4.91 Å². The van der Waals surface area contributed by atoms with Crippen LogP contribution in [0.25, 0.3) is 0 Å². The van der Waals surface area contributed by atoms with E-state index in [0.29, 0.717) is 13.2 Å². The standard InChI is InChI=1S/C6H10N6O/c1-2-8-11-9-5-12-4-3-7-6(12)10-13/h3-4H,2,5H2,1H3,(H,8,9). The van der Waals surface area contributed by atoms with Gasteiger partial charge in [-0.15, -0.1) is 4.91 Å². The van der Waals surface area contributed by atoms with Crippen LogP contribution in [-0.2, 0) is 6.67 Å². The monoisotopic (exact) mass is 182 g/mol. The molecule has 70 valence electrons. The molecule has 0 aliphatic heterocycles. The van der Waals surface area contributed by atoms with Crippen molar-refractivity contribution in [2.75, 3.05) is 6.54 Å². The lowest BCUT2D eigenvalue weighted by Crippen LogP contribution is -2.10. The first-order valence-corrected chi connectivity index (χ1v) is 3.82. The third-order valence-corrected chi connectivity index (χ3v) is 1.30. The summed E-state index contributed by atoms with van der Waals surface area (Å²) in [5.41, 5.74) is 2.65. The highest BCUT2D eigenvalue weighted by Crippen LogP contribution is 2.05. The maximum absolute atomic E-state index is 10.2. The number of imidazole rings is 1. The van der Waals surface area contributed by atoms with E-state index in [2.05, 4.69) is 25.9 Å². The molecule has 1 rings (SSSR count). The fraction of sp³-hybridized carbons (Fsp3) is 0.500. The van der Waals surface area contributed by atoms with Crippen molar-refractivity contribution in [1.82, 2.24) is 15.0 Å². The van der Waals surface area contributed by atoms with Gasteiger partial charge in [0.25, 0.3) is 5.95 Å². The lowest BCUT2D eigenvalue weighted by Gasteiger charge is -2.00. The molecule has 0 aliphatic carbocycles. The van der Waals surface area contributed by atoms with Gasteiger partial charge in [0.05, 0.1) is 6.54 Å². The van der Waals surface area contributed by atoms with Crippen LogP contribution < -0.4 is 5.43 Å². The highest BCUT2D eigenvalue weighted by molar-refractivity contribution is 5.14. The molecule has 0 unspecified atom stereocenters. The predicted molar refractivity (Wildman–Crippen MR) is 46.2 cm³/mol. The minimum absolute atomic E-state index is 0.124. The van der Waals surface area contributed by atoms with E-state index in [-0.39, 0.29) is 5.95 Å². The second-order valence-corrected chi connectivity index (χ2v) is 2.16. The van der Waals surface area contributed by atoms with Crippen molar-refractivity contribution in [2.45, 2.75) is 13.6 Å². The second-order valence-electron chi connectivity index (χ2n) is 2.16. The van der Waals surface area contributed by atoms with Crippen LogP contribution in [-0.4, -0.2) is 16.1 Å². The van der Waals surface area contributed by atoms with Crippen LogP contribution in [0.15, 0.2) is 27.9 Å². The Balaban J connectivity index is 2.44. The summed E-state index contributed by atoms with van der Waals surface area (Å²) in [6.45, 7) is 2.83. The van der Waals surface area contributed by atoms with E-state index < -0.39 is 0 Å². The van der Waals surface area contributed by atoms with Gasteiger partial charge in [0.15, 0.2) is 0 Å². The van der Waals surface area contributed by atoms with Gasteiger partial charge in [-0.25, -0.2) is 4.98 Å². The normalized spacial score (nSPS) is 10.5. The molecule has 0 saturated heterocycles. The molecule has 0 spiro atoms. The molecule has 1 aromatic heterocycles. The lowest BCUT2D eigenvalue weighted by molar-refractivity contribution is 0.554. The van der Waals surface area contributed by atoms with Crippen LogP contribution in [0.5, 0.6) is 0 Å². The van der Waals surface area contributed by atoms with E-state index in [1.54, 1.807) is 6.20 Å². The van der Waals surface area contributed by atoms with Crippen LogP contribution >= 0.6 is 0 Å². The molecular formula is C6H10N6O. The van der Waals surface area contributed by atoms with Crippen LogP contribution in [0.2, 0.25) is 0 Å². The van der Waals surface area contributed by atoms with Gasteiger partial charge < -0.3 is 0 Å². The molecule has 0 bridgehead atoms. The third kappa shape index (κ3) is 2.62. The van der Waals surface area contributed by atoms with Gasteiger partial charge in [-0.3, -0.25) is 9.99 Å². The first-order valence-electron chi connectivity index (χ1n) is 3.82. The van der Waals surface area contributed by atoms with E-state index >= 15 is 0 Å². The molecule has 0 aliphatic rings. The van der Waals surface area contributed by atoms with Gasteiger partial charge >= 0.3 is 0 Å². The maximum atomic E-state index is 10.2. The topological polar surface area (TPSA) is 84.0 Å². The number of nitrogens with zero attached hydrogens (tertiary/aromatic N) is 5. The lowest BCUT2D eigenvalue weighted by atomic mass is 10.8. The van der Waals surface area contributed by atoms with Crippen LogP contribution in [0.1, 0.15) is 6.92 Å². The summed E-state index contributed by atoms with van der Waals surface area (Å²) in [7, 11) is 0. The average Bonchev–Trinajstić information content (AvgIpc) is 2.60. The Kier molecular flexibility index (Phi) is 3.55. The molecule has 1 aromatic rings. The van der Waals surface area contributed by atoms with Crippen LogP contribution in [0.4, 0.5) is 5.95 Å². The second kappa shape index (κ2) is 4.96. The van der Waals surface area contributed by atoms with E-state index in [9.17, 15) is 4.91 Å². The number of aromatic nitrogens is 2. The summed E-state index contributed by atoms with van der Waals surface area (Å²) >= 11 is 0. The van der Waals surface area contributed by atoms with E-state index in [4.69, 9.17) is 0 Å². The minimum atomic E-state index is 0.124. The fourth-order valence-electron chi connectivity index (χ4n) is 0.749. The molecule has 0 amide bonds. The fourth-order valence-corrected chi connectivity index (χ4v) is 0.749.